The zero-order chi connectivity index (χ0) is 12.1. The highest BCUT2D eigenvalue weighted by Crippen LogP contribution is 2.15. The number of hydrogen-bond donors (Lipinski definition) is 2. The van der Waals surface area contributed by atoms with Crippen LogP contribution in [0.1, 0.15) is 13.8 Å². The molecule has 3 nitrogen and oxygen atoms in total. The van der Waals surface area contributed by atoms with Crippen molar-refractivity contribution in [2.24, 2.45) is 11.8 Å². The lowest BCUT2D eigenvalue weighted by atomic mass is 9.96. The SMILES string of the molecule is CC(C)C(CO)C(=O)Nc1cccc(F)c1. The van der Waals surface area contributed by atoms with E-state index >= 15 is 0 Å². The van der Waals surface area contributed by atoms with Gasteiger partial charge in [0.05, 0.1) is 12.5 Å². The second kappa shape index (κ2) is 5.61. The van der Waals surface area contributed by atoms with Gasteiger partial charge in [-0.2, -0.15) is 0 Å². The zero-order valence-electron chi connectivity index (χ0n) is 9.40. The molecule has 16 heavy (non-hydrogen) atoms. The van der Waals surface area contributed by atoms with Crippen molar-refractivity contribution in [2.75, 3.05) is 11.9 Å². The number of amides is 1. The number of carbonyl (C=O) groups is 1. The molecule has 0 aliphatic rings. The molecule has 0 saturated heterocycles. The number of rotatable bonds is 4. The van der Waals surface area contributed by atoms with E-state index in [1.54, 1.807) is 6.07 Å². The number of anilines is 1. The van der Waals surface area contributed by atoms with Crippen molar-refractivity contribution in [2.45, 2.75) is 13.8 Å². The highest BCUT2D eigenvalue weighted by atomic mass is 19.1. The molecule has 0 aromatic heterocycles. The van der Waals surface area contributed by atoms with E-state index in [-0.39, 0.29) is 18.4 Å². The van der Waals surface area contributed by atoms with E-state index in [0.717, 1.165) is 0 Å². The maximum atomic E-state index is 12.9. The summed E-state index contributed by atoms with van der Waals surface area (Å²) in [5.74, 6) is -1.12. The second-order valence-electron chi connectivity index (χ2n) is 4.03. The molecule has 2 N–H and O–H groups in total. The number of benzene rings is 1. The van der Waals surface area contributed by atoms with Crippen molar-refractivity contribution in [3.05, 3.63) is 30.1 Å². The first-order valence-electron chi connectivity index (χ1n) is 5.22. The van der Waals surface area contributed by atoms with Gasteiger partial charge in [-0.25, -0.2) is 4.39 Å². The first kappa shape index (κ1) is 12.6. The monoisotopic (exact) mass is 225 g/mol. The Morgan fingerprint density at radius 2 is 2.19 bits per heavy atom. The van der Waals surface area contributed by atoms with Crippen molar-refractivity contribution in [3.63, 3.8) is 0 Å². The highest BCUT2D eigenvalue weighted by Gasteiger charge is 2.21. The summed E-state index contributed by atoms with van der Waals surface area (Å²) in [5, 5.41) is 11.6. The zero-order valence-corrected chi connectivity index (χ0v) is 9.40. The van der Waals surface area contributed by atoms with Crippen molar-refractivity contribution >= 4 is 11.6 Å². The Morgan fingerprint density at radius 1 is 1.50 bits per heavy atom. The van der Waals surface area contributed by atoms with Gasteiger partial charge in [-0.05, 0) is 24.1 Å². The summed E-state index contributed by atoms with van der Waals surface area (Å²) in [5.41, 5.74) is 0.407. The molecule has 0 bridgehead atoms. The number of nitrogens with one attached hydrogen (secondary N) is 1. The lowest BCUT2D eigenvalue weighted by Crippen LogP contribution is -2.29. The molecule has 1 aromatic rings. The van der Waals surface area contributed by atoms with Crippen LogP contribution in [0.4, 0.5) is 10.1 Å². The number of hydrogen-bond acceptors (Lipinski definition) is 2. The highest BCUT2D eigenvalue weighted by molar-refractivity contribution is 5.92. The molecule has 4 heteroatoms. The molecule has 1 atom stereocenters. The van der Waals surface area contributed by atoms with E-state index in [2.05, 4.69) is 5.32 Å². The molecular formula is C12H16FNO2. The van der Waals surface area contributed by atoms with Crippen LogP contribution in [-0.2, 0) is 4.79 Å². The summed E-state index contributed by atoms with van der Waals surface area (Å²) >= 11 is 0. The van der Waals surface area contributed by atoms with Crippen molar-refractivity contribution in [1.29, 1.82) is 0 Å². The molecule has 1 rings (SSSR count). The van der Waals surface area contributed by atoms with Crippen LogP contribution < -0.4 is 5.32 Å². The fourth-order valence-corrected chi connectivity index (χ4v) is 1.40. The first-order chi connectivity index (χ1) is 7.54. The molecule has 88 valence electrons. The molecule has 1 amide bonds. The van der Waals surface area contributed by atoms with Gasteiger partial charge in [0.2, 0.25) is 5.91 Å². The Labute approximate surface area is 94.3 Å². The maximum Gasteiger partial charge on any atom is 0.230 e. The van der Waals surface area contributed by atoms with Crippen LogP contribution in [0.15, 0.2) is 24.3 Å². The Morgan fingerprint density at radius 3 is 2.69 bits per heavy atom. The minimum Gasteiger partial charge on any atom is -0.396 e. The van der Waals surface area contributed by atoms with Crippen LogP contribution in [0.3, 0.4) is 0 Å². The summed E-state index contributed by atoms with van der Waals surface area (Å²) in [4.78, 5) is 11.7. The van der Waals surface area contributed by atoms with E-state index in [1.807, 2.05) is 13.8 Å². The largest absolute Gasteiger partial charge is 0.396 e. The average Bonchev–Trinajstić information content (AvgIpc) is 2.17. The fourth-order valence-electron chi connectivity index (χ4n) is 1.40. The molecule has 0 spiro atoms. The third-order valence-corrected chi connectivity index (χ3v) is 2.43. The van der Waals surface area contributed by atoms with Gasteiger partial charge in [-0.1, -0.05) is 19.9 Å². The predicted octanol–water partition coefficient (Wildman–Crippen LogP) is 2.03. The van der Waals surface area contributed by atoms with E-state index in [4.69, 9.17) is 5.11 Å². The lowest BCUT2D eigenvalue weighted by Gasteiger charge is -2.17. The van der Waals surface area contributed by atoms with Crippen LogP contribution in [-0.4, -0.2) is 17.6 Å². The molecule has 1 unspecified atom stereocenters. The minimum absolute atomic E-state index is 0.0403. The smallest absolute Gasteiger partial charge is 0.230 e. The number of aliphatic hydroxyl groups is 1. The van der Waals surface area contributed by atoms with Gasteiger partial charge in [-0.3, -0.25) is 4.79 Å². The standard InChI is InChI=1S/C12H16FNO2/c1-8(2)11(7-15)12(16)14-10-5-3-4-9(13)6-10/h3-6,8,11,15H,7H2,1-2H3,(H,14,16). The quantitative estimate of drug-likeness (QED) is 0.823. The summed E-state index contributed by atoms with van der Waals surface area (Å²) < 4.78 is 12.9. The van der Waals surface area contributed by atoms with Crippen LogP contribution in [0.2, 0.25) is 0 Å². The second-order valence-corrected chi connectivity index (χ2v) is 4.03. The summed E-state index contributed by atoms with van der Waals surface area (Å²) in [7, 11) is 0. The minimum atomic E-state index is -0.469. The van der Waals surface area contributed by atoms with Gasteiger partial charge in [0.25, 0.3) is 0 Å². The van der Waals surface area contributed by atoms with Gasteiger partial charge >= 0.3 is 0 Å². The number of halogens is 1. The lowest BCUT2D eigenvalue weighted by molar-refractivity contribution is -0.122. The van der Waals surface area contributed by atoms with Gasteiger partial charge < -0.3 is 10.4 Å². The van der Waals surface area contributed by atoms with E-state index in [0.29, 0.717) is 5.69 Å². The Hall–Kier alpha value is -1.42. The van der Waals surface area contributed by atoms with Crippen molar-refractivity contribution < 1.29 is 14.3 Å². The molecule has 1 aromatic carbocycles. The van der Waals surface area contributed by atoms with Crippen LogP contribution in [0.25, 0.3) is 0 Å². The van der Waals surface area contributed by atoms with Crippen LogP contribution in [0, 0.1) is 17.7 Å². The van der Waals surface area contributed by atoms with Gasteiger partial charge in [0, 0.05) is 5.69 Å². The average molecular weight is 225 g/mol. The fraction of sp³-hybridized carbons (Fsp3) is 0.417. The number of carbonyl (C=O) groups excluding carboxylic acids is 1. The van der Waals surface area contributed by atoms with Crippen molar-refractivity contribution in [3.8, 4) is 0 Å². The Kier molecular flexibility index (Phi) is 4.43. The van der Waals surface area contributed by atoms with Gasteiger partial charge in [-0.15, -0.1) is 0 Å². The van der Waals surface area contributed by atoms with E-state index < -0.39 is 11.7 Å². The summed E-state index contributed by atoms with van der Waals surface area (Å²) in [6, 6.07) is 5.68. The summed E-state index contributed by atoms with van der Waals surface area (Å²) in [6.07, 6.45) is 0. The number of aliphatic hydroxyl groups excluding tert-OH is 1. The topological polar surface area (TPSA) is 49.3 Å². The molecule has 0 aliphatic carbocycles. The van der Waals surface area contributed by atoms with Crippen LogP contribution >= 0.6 is 0 Å². The normalized spacial score (nSPS) is 12.6. The van der Waals surface area contributed by atoms with Gasteiger partial charge in [0.1, 0.15) is 5.82 Å². The Bertz CT molecular complexity index is 366. The molecule has 0 aliphatic heterocycles. The third kappa shape index (κ3) is 3.31. The maximum absolute atomic E-state index is 12.9. The first-order valence-corrected chi connectivity index (χ1v) is 5.22. The summed E-state index contributed by atoms with van der Waals surface area (Å²) in [6.45, 7) is 3.50. The molecule has 0 radical (unpaired) electrons. The molecular weight excluding hydrogens is 209 g/mol. The molecule has 0 fully saturated rings. The van der Waals surface area contributed by atoms with Crippen LogP contribution in [0.5, 0.6) is 0 Å². The van der Waals surface area contributed by atoms with Gasteiger partial charge in [0.15, 0.2) is 0 Å². The third-order valence-electron chi connectivity index (χ3n) is 2.43. The Balaban J connectivity index is 2.70. The predicted molar refractivity (Wildman–Crippen MR) is 60.4 cm³/mol. The van der Waals surface area contributed by atoms with E-state index in [1.165, 1.54) is 18.2 Å². The van der Waals surface area contributed by atoms with Crippen molar-refractivity contribution in [1.82, 2.24) is 0 Å². The molecule has 0 heterocycles. The van der Waals surface area contributed by atoms with E-state index in [9.17, 15) is 9.18 Å². The molecule has 0 saturated carbocycles.